The molecule has 0 spiro atoms. The van der Waals surface area contributed by atoms with Crippen LogP contribution in [0.3, 0.4) is 0 Å². The first-order valence-electron chi connectivity index (χ1n) is 5.40. The van der Waals surface area contributed by atoms with Gasteiger partial charge >= 0.3 is 6.18 Å². The molecule has 0 radical (unpaired) electrons. The Morgan fingerprint density at radius 3 is 2.33 bits per heavy atom. The molecule has 18 heavy (non-hydrogen) atoms. The van der Waals surface area contributed by atoms with Crippen LogP contribution in [0.2, 0.25) is 0 Å². The summed E-state index contributed by atoms with van der Waals surface area (Å²) in [5, 5.41) is 0. The van der Waals surface area contributed by atoms with Crippen LogP contribution in [0.1, 0.15) is 5.69 Å². The number of halogens is 3. The van der Waals surface area contributed by atoms with Crippen LogP contribution >= 0.6 is 0 Å². The second-order valence-electron chi connectivity index (χ2n) is 4.35. The van der Waals surface area contributed by atoms with Gasteiger partial charge in [-0.15, -0.1) is 0 Å². The fraction of sp³-hybridized carbons (Fsp3) is 0.545. The zero-order valence-electron chi connectivity index (χ0n) is 10.6. The first kappa shape index (κ1) is 14.6. The number of anilines is 2. The van der Waals surface area contributed by atoms with Crippen LogP contribution in [0.25, 0.3) is 0 Å². The van der Waals surface area contributed by atoms with E-state index in [0.29, 0.717) is 12.2 Å². The largest absolute Gasteiger partial charge is 0.433 e. The minimum absolute atomic E-state index is 0.240. The second kappa shape index (κ2) is 5.43. The lowest BCUT2D eigenvalue weighted by atomic mass is 10.2. The maximum Gasteiger partial charge on any atom is 0.433 e. The second-order valence-corrected chi connectivity index (χ2v) is 4.35. The van der Waals surface area contributed by atoms with Gasteiger partial charge in [0.1, 0.15) is 5.69 Å². The van der Waals surface area contributed by atoms with E-state index in [1.807, 2.05) is 19.0 Å². The Morgan fingerprint density at radius 1 is 1.22 bits per heavy atom. The number of rotatable bonds is 4. The molecule has 0 atom stereocenters. The minimum atomic E-state index is -4.45. The maximum absolute atomic E-state index is 12.5. The Morgan fingerprint density at radius 2 is 1.83 bits per heavy atom. The van der Waals surface area contributed by atoms with Gasteiger partial charge in [0.15, 0.2) is 0 Å². The predicted molar refractivity (Wildman–Crippen MR) is 65.5 cm³/mol. The van der Waals surface area contributed by atoms with E-state index in [0.717, 1.165) is 18.8 Å². The normalized spacial score (nSPS) is 11.9. The highest BCUT2D eigenvalue weighted by Gasteiger charge is 2.33. The minimum Gasteiger partial charge on any atom is -0.396 e. The SMILES string of the molecule is CN(C)CCN(C)c1cc(C(F)(F)F)ncc1N. The molecule has 0 bridgehead atoms. The van der Waals surface area contributed by atoms with Crippen LogP contribution in [0, 0.1) is 0 Å². The van der Waals surface area contributed by atoms with Crippen molar-refractivity contribution in [2.24, 2.45) is 0 Å². The van der Waals surface area contributed by atoms with Gasteiger partial charge in [0.05, 0.1) is 17.6 Å². The predicted octanol–water partition coefficient (Wildman–Crippen LogP) is 1.68. The lowest BCUT2D eigenvalue weighted by Crippen LogP contribution is -2.29. The van der Waals surface area contributed by atoms with Crippen molar-refractivity contribution in [2.75, 3.05) is 44.9 Å². The van der Waals surface area contributed by atoms with Gasteiger partial charge in [-0.3, -0.25) is 0 Å². The quantitative estimate of drug-likeness (QED) is 0.896. The van der Waals surface area contributed by atoms with Crippen molar-refractivity contribution in [1.29, 1.82) is 0 Å². The molecule has 1 aromatic rings. The monoisotopic (exact) mass is 262 g/mol. The highest BCUT2D eigenvalue weighted by molar-refractivity contribution is 5.66. The standard InChI is InChI=1S/C11H17F3N4/c1-17(2)4-5-18(3)9-6-10(11(12,13)14)16-7-8(9)15/h6-7H,4-5,15H2,1-3H3. The molecule has 0 aromatic carbocycles. The molecular weight excluding hydrogens is 245 g/mol. The summed E-state index contributed by atoms with van der Waals surface area (Å²) in [6.07, 6.45) is -3.41. The van der Waals surface area contributed by atoms with E-state index in [4.69, 9.17) is 5.73 Å². The van der Waals surface area contributed by atoms with Gasteiger partial charge < -0.3 is 15.5 Å². The number of hydrogen-bond acceptors (Lipinski definition) is 4. The number of nitrogens with zero attached hydrogens (tertiary/aromatic N) is 3. The third-order valence-corrected chi connectivity index (χ3v) is 2.50. The van der Waals surface area contributed by atoms with E-state index in [9.17, 15) is 13.2 Å². The van der Waals surface area contributed by atoms with Crippen molar-refractivity contribution < 1.29 is 13.2 Å². The van der Waals surface area contributed by atoms with E-state index in [-0.39, 0.29) is 5.69 Å². The molecule has 0 aliphatic heterocycles. The summed E-state index contributed by atoms with van der Waals surface area (Å²) in [5.41, 5.74) is 5.31. The van der Waals surface area contributed by atoms with E-state index in [1.165, 1.54) is 0 Å². The van der Waals surface area contributed by atoms with Crippen molar-refractivity contribution >= 4 is 11.4 Å². The van der Waals surface area contributed by atoms with Crippen LogP contribution in [0.5, 0.6) is 0 Å². The summed E-state index contributed by atoms with van der Waals surface area (Å²) >= 11 is 0. The zero-order valence-corrected chi connectivity index (χ0v) is 10.6. The third kappa shape index (κ3) is 3.76. The first-order valence-corrected chi connectivity index (χ1v) is 5.40. The van der Waals surface area contributed by atoms with E-state index >= 15 is 0 Å². The molecular formula is C11H17F3N4. The molecule has 0 fully saturated rings. The Bertz CT molecular complexity index is 404. The molecule has 0 aliphatic carbocycles. The molecule has 1 rings (SSSR count). The summed E-state index contributed by atoms with van der Waals surface area (Å²) in [6, 6.07) is 0.977. The van der Waals surface area contributed by atoms with Crippen molar-refractivity contribution in [3.63, 3.8) is 0 Å². The van der Waals surface area contributed by atoms with E-state index < -0.39 is 11.9 Å². The van der Waals surface area contributed by atoms with Gasteiger partial charge in [-0.05, 0) is 20.2 Å². The first-order chi connectivity index (χ1) is 8.21. The maximum atomic E-state index is 12.5. The Hall–Kier alpha value is -1.50. The van der Waals surface area contributed by atoms with Gasteiger partial charge in [0, 0.05) is 20.1 Å². The number of aromatic nitrogens is 1. The van der Waals surface area contributed by atoms with Crippen LogP contribution in [0.4, 0.5) is 24.5 Å². The summed E-state index contributed by atoms with van der Waals surface area (Å²) in [4.78, 5) is 6.93. The molecule has 7 heteroatoms. The lowest BCUT2D eigenvalue weighted by Gasteiger charge is -2.23. The summed E-state index contributed by atoms with van der Waals surface area (Å²) in [7, 11) is 5.49. The topological polar surface area (TPSA) is 45.4 Å². The molecule has 0 saturated carbocycles. The summed E-state index contributed by atoms with van der Waals surface area (Å²) in [6.45, 7) is 1.30. The number of alkyl halides is 3. The summed E-state index contributed by atoms with van der Waals surface area (Å²) < 4.78 is 37.6. The van der Waals surface area contributed by atoms with Crippen LogP contribution in [-0.2, 0) is 6.18 Å². The molecule has 0 saturated heterocycles. The van der Waals surface area contributed by atoms with Gasteiger partial charge in [0.25, 0.3) is 0 Å². The number of nitrogen functional groups attached to an aromatic ring is 1. The Balaban J connectivity index is 2.93. The average molecular weight is 262 g/mol. The van der Waals surface area contributed by atoms with Crippen molar-refractivity contribution in [2.45, 2.75) is 6.18 Å². The van der Waals surface area contributed by atoms with E-state index in [2.05, 4.69) is 4.98 Å². The van der Waals surface area contributed by atoms with Gasteiger partial charge in [-0.2, -0.15) is 13.2 Å². The molecule has 102 valence electrons. The third-order valence-electron chi connectivity index (χ3n) is 2.50. The van der Waals surface area contributed by atoms with Crippen LogP contribution in [0.15, 0.2) is 12.3 Å². The molecule has 2 N–H and O–H groups in total. The van der Waals surface area contributed by atoms with E-state index in [1.54, 1.807) is 11.9 Å². The smallest absolute Gasteiger partial charge is 0.396 e. The molecule has 0 unspecified atom stereocenters. The number of nitrogens with two attached hydrogens (primary N) is 1. The average Bonchev–Trinajstić information content (AvgIpc) is 2.24. The molecule has 0 amide bonds. The molecule has 4 nitrogen and oxygen atoms in total. The van der Waals surface area contributed by atoms with Crippen LogP contribution in [-0.4, -0.2) is 44.1 Å². The fourth-order valence-electron chi connectivity index (χ4n) is 1.41. The van der Waals surface area contributed by atoms with Gasteiger partial charge in [-0.1, -0.05) is 0 Å². The number of likely N-dealkylation sites (N-methyl/N-ethyl adjacent to an activating group) is 2. The van der Waals surface area contributed by atoms with Gasteiger partial charge in [0.2, 0.25) is 0 Å². The highest BCUT2D eigenvalue weighted by atomic mass is 19.4. The Labute approximate surface area is 104 Å². The van der Waals surface area contributed by atoms with Gasteiger partial charge in [-0.25, -0.2) is 4.98 Å². The van der Waals surface area contributed by atoms with Crippen molar-refractivity contribution in [3.05, 3.63) is 18.0 Å². The Kier molecular flexibility index (Phi) is 4.39. The fourth-order valence-corrected chi connectivity index (χ4v) is 1.41. The zero-order chi connectivity index (χ0) is 13.9. The van der Waals surface area contributed by atoms with Crippen LogP contribution < -0.4 is 10.6 Å². The molecule has 1 heterocycles. The lowest BCUT2D eigenvalue weighted by molar-refractivity contribution is -0.141. The number of hydrogen-bond donors (Lipinski definition) is 1. The number of pyridine rings is 1. The van der Waals surface area contributed by atoms with Crippen molar-refractivity contribution in [3.8, 4) is 0 Å². The molecule has 1 aromatic heterocycles. The van der Waals surface area contributed by atoms with Crippen molar-refractivity contribution in [1.82, 2.24) is 9.88 Å². The molecule has 0 aliphatic rings. The summed E-state index contributed by atoms with van der Waals surface area (Å²) in [5.74, 6) is 0. The highest BCUT2D eigenvalue weighted by Crippen LogP contribution is 2.32.